The van der Waals surface area contributed by atoms with Gasteiger partial charge >= 0.3 is 17.9 Å². The Bertz CT molecular complexity index is 1390. The van der Waals surface area contributed by atoms with Crippen LogP contribution in [0, 0.1) is 0 Å². The molecular weight excluding hydrogens is 829 g/mol. The van der Waals surface area contributed by atoms with Gasteiger partial charge in [0.05, 0.1) is 0 Å². The van der Waals surface area contributed by atoms with Crippen molar-refractivity contribution in [1.29, 1.82) is 0 Å². The van der Waals surface area contributed by atoms with Gasteiger partial charge in [0.25, 0.3) is 0 Å². The number of allylic oxidation sites excluding steroid dienone is 18. The maximum absolute atomic E-state index is 12.8. The number of unbranched alkanes of at least 4 members (excludes halogenated alkanes) is 19. The summed E-state index contributed by atoms with van der Waals surface area (Å²) in [4.78, 5) is 38.1. The molecule has 0 aliphatic carbocycles. The third-order valence-electron chi connectivity index (χ3n) is 11.2. The van der Waals surface area contributed by atoms with E-state index in [1.54, 1.807) is 0 Å². The number of carbonyl (C=O) groups excluding carboxylic acids is 3. The van der Waals surface area contributed by atoms with Crippen LogP contribution in [0.25, 0.3) is 0 Å². The number of hydrogen-bond acceptors (Lipinski definition) is 6. The van der Waals surface area contributed by atoms with Crippen molar-refractivity contribution in [2.45, 2.75) is 245 Å². The summed E-state index contributed by atoms with van der Waals surface area (Å²) in [7, 11) is 0. The van der Waals surface area contributed by atoms with Gasteiger partial charge in [-0.05, 0) is 122 Å². The van der Waals surface area contributed by atoms with Crippen molar-refractivity contribution in [2.75, 3.05) is 13.2 Å². The van der Waals surface area contributed by atoms with Crippen molar-refractivity contribution in [1.82, 2.24) is 0 Å². The molecule has 1 atom stereocenters. The van der Waals surface area contributed by atoms with Gasteiger partial charge in [-0.3, -0.25) is 14.4 Å². The van der Waals surface area contributed by atoms with Gasteiger partial charge < -0.3 is 14.2 Å². The summed E-state index contributed by atoms with van der Waals surface area (Å²) in [5.74, 6) is -0.993. The first-order chi connectivity index (χ1) is 33.0. The van der Waals surface area contributed by atoms with Crippen LogP contribution in [0.4, 0.5) is 0 Å². The first kappa shape index (κ1) is 63.1. The highest BCUT2D eigenvalue weighted by Gasteiger charge is 2.19. The summed E-state index contributed by atoms with van der Waals surface area (Å²) >= 11 is 0. The highest BCUT2D eigenvalue weighted by molar-refractivity contribution is 5.71. The lowest BCUT2D eigenvalue weighted by molar-refractivity contribution is -0.167. The molecule has 6 nitrogen and oxygen atoms in total. The van der Waals surface area contributed by atoms with Crippen LogP contribution in [0.2, 0.25) is 0 Å². The molecule has 0 spiro atoms. The van der Waals surface area contributed by atoms with Crippen LogP contribution < -0.4 is 0 Å². The molecule has 0 rings (SSSR count). The number of rotatable bonds is 48. The molecule has 0 fully saturated rings. The summed E-state index contributed by atoms with van der Waals surface area (Å²) in [6.07, 6.45) is 73.6. The molecule has 67 heavy (non-hydrogen) atoms. The average Bonchev–Trinajstić information content (AvgIpc) is 3.33. The summed E-state index contributed by atoms with van der Waals surface area (Å²) in [6, 6.07) is 0. The van der Waals surface area contributed by atoms with E-state index in [4.69, 9.17) is 14.2 Å². The first-order valence-corrected chi connectivity index (χ1v) is 27.4. The second-order valence-electron chi connectivity index (χ2n) is 17.7. The smallest absolute Gasteiger partial charge is 0.306 e. The Morgan fingerprint density at radius 1 is 0.313 bits per heavy atom. The van der Waals surface area contributed by atoms with E-state index in [9.17, 15) is 14.4 Å². The predicted molar refractivity (Wildman–Crippen MR) is 288 cm³/mol. The van der Waals surface area contributed by atoms with Crippen LogP contribution in [0.15, 0.2) is 109 Å². The molecule has 0 N–H and O–H groups in total. The van der Waals surface area contributed by atoms with E-state index in [2.05, 4.69) is 130 Å². The zero-order valence-electron chi connectivity index (χ0n) is 43.4. The molecule has 0 saturated heterocycles. The van der Waals surface area contributed by atoms with Crippen LogP contribution in [0.1, 0.15) is 239 Å². The lowest BCUT2D eigenvalue weighted by Crippen LogP contribution is -2.30. The minimum Gasteiger partial charge on any atom is -0.462 e. The number of esters is 3. The lowest BCUT2D eigenvalue weighted by Gasteiger charge is -2.18. The lowest BCUT2D eigenvalue weighted by atomic mass is 10.1. The molecule has 0 heterocycles. The molecule has 0 aliphatic heterocycles. The molecule has 0 unspecified atom stereocenters. The Kier molecular flexibility index (Phi) is 51.5. The van der Waals surface area contributed by atoms with Gasteiger partial charge in [0.2, 0.25) is 0 Å². The molecule has 0 aromatic heterocycles. The second-order valence-corrected chi connectivity index (χ2v) is 17.7. The number of carbonyl (C=O) groups is 3. The van der Waals surface area contributed by atoms with Crippen molar-refractivity contribution < 1.29 is 28.6 Å². The Hall–Kier alpha value is -3.93. The fourth-order valence-electron chi connectivity index (χ4n) is 7.13. The summed E-state index contributed by atoms with van der Waals surface area (Å²) in [5.41, 5.74) is 0. The summed E-state index contributed by atoms with van der Waals surface area (Å²) < 4.78 is 16.8. The maximum Gasteiger partial charge on any atom is 0.306 e. The minimum absolute atomic E-state index is 0.109. The van der Waals surface area contributed by atoms with Crippen LogP contribution in [-0.2, 0) is 28.6 Å². The second kappa shape index (κ2) is 54.7. The summed E-state index contributed by atoms with van der Waals surface area (Å²) in [6.45, 7) is 6.40. The maximum atomic E-state index is 12.8. The molecule has 380 valence electrons. The van der Waals surface area contributed by atoms with E-state index in [0.29, 0.717) is 19.3 Å². The van der Waals surface area contributed by atoms with Gasteiger partial charge in [-0.15, -0.1) is 0 Å². The van der Waals surface area contributed by atoms with Gasteiger partial charge in [-0.2, -0.15) is 0 Å². The van der Waals surface area contributed by atoms with Gasteiger partial charge in [0.1, 0.15) is 13.2 Å². The van der Waals surface area contributed by atoms with E-state index in [1.165, 1.54) is 77.0 Å². The van der Waals surface area contributed by atoms with Crippen LogP contribution in [0.5, 0.6) is 0 Å². The molecule has 0 bridgehead atoms. The molecule has 0 aliphatic rings. The third kappa shape index (κ3) is 52.9. The molecule has 0 saturated carbocycles. The molecule has 0 aromatic rings. The standard InChI is InChI=1S/C61H100O6/c1-4-7-10-13-16-19-22-25-28-30-33-36-39-42-45-48-51-54-60(63)66-57-58(56-65-59(62)53-50-47-44-41-38-35-32-27-24-21-18-15-12-9-6-3)67-61(64)55-52-49-46-43-40-37-34-31-29-26-23-20-17-14-11-8-5-2/h9,12,16-21,25-29,32-33,36,42,45,58H,4-8,10-11,13-15,22-24,30-31,34-35,37-41,43-44,46-57H2,1-3H3/b12-9+,19-16+,20-17+,21-18+,28-25+,29-26+,32-27+,36-33+,45-42+/t58-/m1/s1. The van der Waals surface area contributed by atoms with Gasteiger partial charge in [0, 0.05) is 19.3 Å². The number of ether oxygens (including phenoxy) is 3. The number of hydrogen-bond donors (Lipinski definition) is 0. The van der Waals surface area contributed by atoms with Crippen molar-refractivity contribution in [2.24, 2.45) is 0 Å². The Morgan fingerprint density at radius 2 is 0.597 bits per heavy atom. The molecule has 0 amide bonds. The Morgan fingerprint density at radius 3 is 0.970 bits per heavy atom. The first-order valence-electron chi connectivity index (χ1n) is 27.4. The normalized spacial score (nSPS) is 12.9. The van der Waals surface area contributed by atoms with Crippen molar-refractivity contribution >= 4 is 17.9 Å². The van der Waals surface area contributed by atoms with Crippen molar-refractivity contribution in [3.05, 3.63) is 109 Å². The Balaban J connectivity index is 4.53. The third-order valence-corrected chi connectivity index (χ3v) is 11.2. The molecular formula is C61H100O6. The highest BCUT2D eigenvalue weighted by Crippen LogP contribution is 2.13. The monoisotopic (exact) mass is 929 g/mol. The minimum atomic E-state index is -0.814. The van der Waals surface area contributed by atoms with Gasteiger partial charge in [-0.1, -0.05) is 207 Å². The van der Waals surface area contributed by atoms with E-state index >= 15 is 0 Å². The van der Waals surface area contributed by atoms with Crippen LogP contribution in [-0.4, -0.2) is 37.2 Å². The molecule has 6 heteroatoms. The van der Waals surface area contributed by atoms with Crippen molar-refractivity contribution in [3.63, 3.8) is 0 Å². The quantitative estimate of drug-likeness (QED) is 0.0262. The van der Waals surface area contributed by atoms with E-state index in [1.807, 2.05) is 0 Å². The average molecular weight is 929 g/mol. The fourth-order valence-corrected chi connectivity index (χ4v) is 7.13. The highest BCUT2D eigenvalue weighted by atomic mass is 16.6. The predicted octanol–water partition coefficient (Wildman–Crippen LogP) is 18.3. The fraction of sp³-hybridized carbons (Fsp3) is 0.656. The zero-order valence-corrected chi connectivity index (χ0v) is 43.4. The zero-order chi connectivity index (χ0) is 48.6. The van der Waals surface area contributed by atoms with Gasteiger partial charge in [0.15, 0.2) is 6.10 Å². The molecule has 0 aromatic carbocycles. The van der Waals surface area contributed by atoms with E-state index in [0.717, 1.165) is 116 Å². The SMILES string of the molecule is CC/C=C/C/C=C/C/C=C/CCCCCCCC(=O)OC[C@H](COC(=O)CCC/C=C/C/C=C/C/C=C/C/C=C/CCCCC)OC(=O)CCCCCCCCC/C=C/C/C=C/CCCCC. The van der Waals surface area contributed by atoms with Crippen LogP contribution >= 0.6 is 0 Å². The summed E-state index contributed by atoms with van der Waals surface area (Å²) in [5, 5.41) is 0. The van der Waals surface area contributed by atoms with E-state index in [-0.39, 0.29) is 37.5 Å². The van der Waals surface area contributed by atoms with Gasteiger partial charge in [-0.25, -0.2) is 0 Å². The topological polar surface area (TPSA) is 78.9 Å². The van der Waals surface area contributed by atoms with E-state index < -0.39 is 6.10 Å². The Labute approximate surface area is 412 Å². The molecule has 0 radical (unpaired) electrons. The van der Waals surface area contributed by atoms with Crippen LogP contribution in [0.3, 0.4) is 0 Å². The van der Waals surface area contributed by atoms with Crippen molar-refractivity contribution in [3.8, 4) is 0 Å². The largest absolute Gasteiger partial charge is 0.462 e.